The van der Waals surface area contributed by atoms with Gasteiger partial charge in [-0.2, -0.15) is 0 Å². The van der Waals surface area contributed by atoms with Crippen molar-refractivity contribution in [3.63, 3.8) is 0 Å². The number of aromatic nitrogens is 1. The Balaban J connectivity index is 1.93. The summed E-state index contributed by atoms with van der Waals surface area (Å²) in [7, 11) is 1.76. The van der Waals surface area contributed by atoms with E-state index in [0.717, 1.165) is 24.0 Å². The summed E-state index contributed by atoms with van der Waals surface area (Å²) >= 11 is 0. The standard InChI is InChI=1S/C19H28N4O/c1-13-8-7-9-16(10-13)19(4,5)12-22-18(20-6)21-11-17-23-14(2)15(3)24-17/h7-10H,11-12H2,1-6H3,(H2,20,21,22). The number of nitrogens with one attached hydrogen (secondary N) is 2. The van der Waals surface area contributed by atoms with Crippen molar-refractivity contribution >= 4 is 5.96 Å². The SMILES string of the molecule is CN=C(NCc1nc(C)c(C)o1)NCC(C)(C)c1cccc(C)c1. The molecule has 0 amide bonds. The number of aliphatic imine (C=N–C) groups is 1. The third kappa shape index (κ3) is 4.60. The van der Waals surface area contributed by atoms with Crippen molar-refractivity contribution in [3.8, 4) is 0 Å². The molecule has 1 heterocycles. The molecule has 0 atom stereocenters. The monoisotopic (exact) mass is 328 g/mol. The van der Waals surface area contributed by atoms with E-state index < -0.39 is 0 Å². The van der Waals surface area contributed by atoms with Crippen molar-refractivity contribution in [2.75, 3.05) is 13.6 Å². The number of rotatable bonds is 5. The number of benzene rings is 1. The van der Waals surface area contributed by atoms with Gasteiger partial charge in [-0.3, -0.25) is 4.99 Å². The van der Waals surface area contributed by atoms with Crippen LogP contribution in [0.5, 0.6) is 0 Å². The van der Waals surface area contributed by atoms with Crippen LogP contribution in [0.1, 0.15) is 42.3 Å². The second-order valence-electron chi connectivity index (χ2n) is 6.78. The van der Waals surface area contributed by atoms with Gasteiger partial charge in [-0.15, -0.1) is 0 Å². The predicted molar refractivity (Wildman–Crippen MR) is 98.4 cm³/mol. The van der Waals surface area contributed by atoms with Crippen LogP contribution in [-0.2, 0) is 12.0 Å². The Morgan fingerprint density at radius 3 is 2.54 bits per heavy atom. The summed E-state index contributed by atoms with van der Waals surface area (Å²) in [6, 6.07) is 8.62. The van der Waals surface area contributed by atoms with E-state index in [-0.39, 0.29) is 5.41 Å². The molecule has 2 aromatic rings. The van der Waals surface area contributed by atoms with Crippen LogP contribution in [-0.4, -0.2) is 24.5 Å². The van der Waals surface area contributed by atoms with E-state index in [9.17, 15) is 0 Å². The Bertz CT molecular complexity index is 696. The van der Waals surface area contributed by atoms with Crippen molar-refractivity contribution in [1.82, 2.24) is 15.6 Å². The topological polar surface area (TPSA) is 62.5 Å². The van der Waals surface area contributed by atoms with Gasteiger partial charge in [-0.25, -0.2) is 4.98 Å². The maximum absolute atomic E-state index is 5.58. The molecule has 0 saturated carbocycles. The van der Waals surface area contributed by atoms with Crippen LogP contribution in [0.4, 0.5) is 0 Å². The van der Waals surface area contributed by atoms with E-state index in [1.807, 2.05) is 13.8 Å². The molecule has 0 aliphatic carbocycles. The highest BCUT2D eigenvalue weighted by atomic mass is 16.4. The van der Waals surface area contributed by atoms with E-state index in [2.05, 4.69) is 65.6 Å². The van der Waals surface area contributed by atoms with Crippen LogP contribution in [0.3, 0.4) is 0 Å². The van der Waals surface area contributed by atoms with Crippen LogP contribution in [0.15, 0.2) is 33.7 Å². The lowest BCUT2D eigenvalue weighted by molar-refractivity contribution is 0.461. The summed E-state index contributed by atoms with van der Waals surface area (Å²) in [4.78, 5) is 8.64. The molecule has 0 spiro atoms. The molecule has 2 rings (SSSR count). The average molecular weight is 328 g/mol. The summed E-state index contributed by atoms with van der Waals surface area (Å²) in [6.45, 7) is 11.7. The zero-order valence-corrected chi connectivity index (χ0v) is 15.5. The van der Waals surface area contributed by atoms with E-state index in [1.54, 1.807) is 7.05 Å². The summed E-state index contributed by atoms with van der Waals surface area (Å²) in [6.07, 6.45) is 0. The highest BCUT2D eigenvalue weighted by Gasteiger charge is 2.21. The molecule has 0 unspecified atom stereocenters. The summed E-state index contributed by atoms with van der Waals surface area (Å²) in [5, 5.41) is 6.63. The van der Waals surface area contributed by atoms with E-state index in [4.69, 9.17) is 4.42 Å². The van der Waals surface area contributed by atoms with E-state index >= 15 is 0 Å². The van der Waals surface area contributed by atoms with Gasteiger partial charge in [0.1, 0.15) is 5.76 Å². The minimum absolute atomic E-state index is 0.000250. The summed E-state index contributed by atoms with van der Waals surface area (Å²) in [5.41, 5.74) is 3.51. The highest BCUT2D eigenvalue weighted by molar-refractivity contribution is 5.79. The predicted octanol–water partition coefficient (Wildman–Crippen LogP) is 3.24. The Morgan fingerprint density at radius 1 is 1.21 bits per heavy atom. The molecule has 1 aromatic carbocycles. The zero-order chi connectivity index (χ0) is 17.7. The Kier molecular flexibility index (Phi) is 5.65. The quantitative estimate of drug-likeness (QED) is 0.653. The number of aryl methyl sites for hydroxylation is 3. The number of nitrogens with zero attached hydrogens (tertiary/aromatic N) is 2. The van der Waals surface area contributed by atoms with Crippen LogP contribution in [0, 0.1) is 20.8 Å². The summed E-state index contributed by atoms with van der Waals surface area (Å²) < 4.78 is 5.58. The Hall–Kier alpha value is -2.30. The van der Waals surface area contributed by atoms with Gasteiger partial charge in [0.25, 0.3) is 0 Å². The van der Waals surface area contributed by atoms with Gasteiger partial charge < -0.3 is 15.1 Å². The first kappa shape index (κ1) is 18.0. The fourth-order valence-corrected chi connectivity index (χ4v) is 2.47. The van der Waals surface area contributed by atoms with Gasteiger partial charge in [0, 0.05) is 19.0 Å². The fraction of sp³-hybridized carbons (Fsp3) is 0.474. The molecule has 5 heteroatoms. The normalized spacial score (nSPS) is 12.3. The Morgan fingerprint density at radius 2 is 1.96 bits per heavy atom. The third-order valence-corrected chi connectivity index (χ3v) is 4.20. The second kappa shape index (κ2) is 7.51. The van der Waals surface area contributed by atoms with Gasteiger partial charge in [-0.05, 0) is 26.3 Å². The lowest BCUT2D eigenvalue weighted by Gasteiger charge is -2.27. The molecule has 0 aliphatic rings. The molecular weight excluding hydrogens is 300 g/mol. The lowest BCUT2D eigenvalue weighted by Crippen LogP contribution is -2.43. The number of oxazole rings is 1. The smallest absolute Gasteiger partial charge is 0.214 e. The molecule has 1 aromatic heterocycles. The van der Waals surface area contributed by atoms with Crippen molar-refractivity contribution in [3.05, 3.63) is 52.7 Å². The van der Waals surface area contributed by atoms with Crippen LogP contribution < -0.4 is 10.6 Å². The van der Waals surface area contributed by atoms with Crippen molar-refractivity contribution in [1.29, 1.82) is 0 Å². The molecular formula is C19H28N4O. The summed E-state index contributed by atoms with van der Waals surface area (Å²) in [5.74, 6) is 2.27. The first-order chi connectivity index (χ1) is 11.3. The first-order valence-corrected chi connectivity index (χ1v) is 8.26. The van der Waals surface area contributed by atoms with Crippen molar-refractivity contribution in [2.24, 2.45) is 4.99 Å². The number of hydrogen-bond donors (Lipinski definition) is 2. The van der Waals surface area contributed by atoms with Crippen LogP contribution >= 0.6 is 0 Å². The minimum atomic E-state index is -0.000250. The van der Waals surface area contributed by atoms with Gasteiger partial charge in [-0.1, -0.05) is 43.7 Å². The number of hydrogen-bond acceptors (Lipinski definition) is 3. The third-order valence-electron chi connectivity index (χ3n) is 4.20. The molecule has 130 valence electrons. The lowest BCUT2D eigenvalue weighted by atomic mass is 9.84. The molecule has 5 nitrogen and oxygen atoms in total. The van der Waals surface area contributed by atoms with Crippen LogP contribution in [0.2, 0.25) is 0 Å². The molecule has 0 fully saturated rings. The van der Waals surface area contributed by atoms with Crippen molar-refractivity contribution < 1.29 is 4.42 Å². The highest BCUT2D eigenvalue weighted by Crippen LogP contribution is 2.22. The molecule has 0 bridgehead atoms. The largest absolute Gasteiger partial charge is 0.444 e. The van der Waals surface area contributed by atoms with Gasteiger partial charge >= 0.3 is 0 Å². The Labute approximate surface area is 144 Å². The van der Waals surface area contributed by atoms with Crippen LogP contribution in [0.25, 0.3) is 0 Å². The molecule has 0 radical (unpaired) electrons. The second-order valence-corrected chi connectivity index (χ2v) is 6.78. The minimum Gasteiger partial charge on any atom is -0.444 e. The van der Waals surface area contributed by atoms with Gasteiger partial charge in [0.2, 0.25) is 5.89 Å². The molecule has 0 aliphatic heterocycles. The maximum atomic E-state index is 5.58. The number of guanidine groups is 1. The molecule has 0 saturated heterocycles. The maximum Gasteiger partial charge on any atom is 0.214 e. The first-order valence-electron chi connectivity index (χ1n) is 8.26. The zero-order valence-electron chi connectivity index (χ0n) is 15.5. The van der Waals surface area contributed by atoms with Gasteiger partial charge in [0.05, 0.1) is 12.2 Å². The van der Waals surface area contributed by atoms with Gasteiger partial charge in [0.15, 0.2) is 5.96 Å². The average Bonchev–Trinajstić information content (AvgIpc) is 2.86. The van der Waals surface area contributed by atoms with E-state index in [0.29, 0.717) is 12.4 Å². The molecule has 2 N–H and O–H groups in total. The fourth-order valence-electron chi connectivity index (χ4n) is 2.47. The van der Waals surface area contributed by atoms with E-state index in [1.165, 1.54) is 11.1 Å². The van der Waals surface area contributed by atoms with Crippen molar-refractivity contribution in [2.45, 2.75) is 46.6 Å². The molecule has 24 heavy (non-hydrogen) atoms.